The van der Waals surface area contributed by atoms with Gasteiger partial charge in [-0.15, -0.1) is 0 Å². The Kier molecular flexibility index (Phi) is 4.54. The highest BCUT2D eigenvalue weighted by atomic mass is 16.5. The summed E-state index contributed by atoms with van der Waals surface area (Å²) < 4.78 is 4.74. The molecule has 0 atom stereocenters. The van der Waals surface area contributed by atoms with Crippen molar-refractivity contribution in [2.45, 2.75) is 6.92 Å². The number of likely N-dealkylation sites (N-methyl/N-ethyl adjacent to an activating group) is 1. The maximum atomic E-state index is 10.8. The van der Waals surface area contributed by atoms with Gasteiger partial charge in [-0.25, -0.2) is 4.79 Å². The van der Waals surface area contributed by atoms with Crippen LogP contribution >= 0.6 is 0 Å². The van der Waals surface area contributed by atoms with Crippen LogP contribution in [0.1, 0.15) is 6.92 Å². The second kappa shape index (κ2) is 5.19. The first-order valence-electron chi connectivity index (χ1n) is 3.51. The number of nitrogens with zero attached hydrogens (tertiary/aromatic N) is 2. The lowest BCUT2D eigenvalue weighted by molar-refractivity contribution is -0.139. The first kappa shape index (κ1) is 10.5. The number of nitriles is 1. The molecule has 0 aromatic heterocycles. The Morgan fingerprint density at radius 3 is 2.75 bits per heavy atom. The van der Waals surface area contributed by atoms with E-state index in [2.05, 4.69) is 6.58 Å². The molecule has 0 aliphatic heterocycles. The van der Waals surface area contributed by atoms with Crippen molar-refractivity contribution in [3.63, 3.8) is 0 Å². The van der Waals surface area contributed by atoms with E-state index in [0.29, 0.717) is 12.1 Å². The van der Waals surface area contributed by atoms with Gasteiger partial charge in [0.15, 0.2) is 6.19 Å². The van der Waals surface area contributed by atoms with Gasteiger partial charge in [0, 0.05) is 12.6 Å². The van der Waals surface area contributed by atoms with Gasteiger partial charge in [0.05, 0.1) is 6.54 Å². The first-order valence-corrected chi connectivity index (χ1v) is 3.51. The van der Waals surface area contributed by atoms with Crippen molar-refractivity contribution in [1.29, 1.82) is 5.26 Å². The van der Waals surface area contributed by atoms with Crippen LogP contribution in [-0.4, -0.2) is 31.1 Å². The largest absolute Gasteiger partial charge is 0.460 e. The molecule has 0 fully saturated rings. The predicted octanol–water partition coefficient (Wildman–Crippen LogP) is 0.519. The van der Waals surface area contributed by atoms with Gasteiger partial charge < -0.3 is 9.64 Å². The van der Waals surface area contributed by atoms with Gasteiger partial charge in [0.25, 0.3) is 0 Å². The fraction of sp³-hybridized carbons (Fsp3) is 0.500. The highest BCUT2D eigenvalue weighted by Crippen LogP contribution is 1.91. The molecule has 0 aromatic carbocycles. The van der Waals surface area contributed by atoms with Gasteiger partial charge in [0.1, 0.15) is 6.61 Å². The van der Waals surface area contributed by atoms with E-state index in [0.717, 1.165) is 0 Å². The molecule has 4 heteroatoms. The minimum absolute atomic E-state index is 0.218. The van der Waals surface area contributed by atoms with Crippen molar-refractivity contribution in [2.24, 2.45) is 0 Å². The number of carbonyl (C=O) groups is 1. The average Bonchev–Trinajstić information content (AvgIpc) is 2.03. The molecule has 0 aromatic rings. The maximum Gasteiger partial charge on any atom is 0.333 e. The van der Waals surface area contributed by atoms with Crippen molar-refractivity contribution >= 4 is 5.97 Å². The van der Waals surface area contributed by atoms with E-state index in [1.54, 1.807) is 14.0 Å². The normalized spacial score (nSPS) is 8.42. The van der Waals surface area contributed by atoms with E-state index in [1.807, 2.05) is 6.19 Å². The number of ether oxygens (including phenoxy) is 1. The molecule has 0 radical (unpaired) electrons. The lowest BCUT2D eigenvalue weighted by Gasteiger charge is -2.08. The summed E-state index contributed by atoms with van der Waals surface area (Å²) in [6.07, 6.45) is 1.89. The number of esters is 1. The Labute approximate surface area is 72.0 Å². The Morgan fingerprint density at radius 1 is 1.75 bits per heavy atom. The summed E-state index contributed by atoms with van der Waals surface area (Å²) in [6.45, 7) is 5.63. The summed E-state index contributed by atoms with van der Waals surface area (Å²) in [4.78, 5) is 12.2. The van der Waals surface area contributed by atoms with Crippen molar-refractivity contribution in [3.05, 3.63) is 12.2 Å². The minimum Gasteiger partial charge on any atom is -0.460 e. The van der Waals surface area contributed by atoms with Crippen molar-refractivity contribution < 1.29 is 9.53 Å². The lowest BCUT2D eigenvalue weighted by Crippen LogP contribution is -2.19. The molecule has 0 aliphatic rings. The summed E-state index contributed by atoms with van der Waals surface area (Å²) in [6, 6.07) is 0. The number of rotatable bonds is 4. The van der Waals surface area contributed by atoms with Crippen molar-refractivity contribution in [3.8, 4) is 6.19 Å². The molecule has 0 saturated heterocycles. The maximum absolute atomic E-state index is 10.8. The van der Waals surface area contributed by atoms with Crippen LogP contribution in [0.5, 0.6) is 0 Å². The van der Waals surface area contributed by atoms with Crippen LogP contribution in [0.3, 0.4) is 0 Å². The Hall–Kier alpha value is -1.50. The van der Waals surface area contributed by atoms with Gasteiger partial charge in [-0.3, -0.25) is 0 Å². The molecule has 4 nitrogen and oxygen atoms in total. The molecular weight excluding hydrogens is 156 g/mol. The quantitative estimate of drug-likeness (QED) is 0.266. The highest BCUT2D eigenvalue weighted by molar-refractivity contribution is 5.86. The van der Waals surface area contributed by atoms with Gasteiger partial charge in [-0.2, -0.15) is 5.26 Å². The fourth-order valence-corrected chi connectivity index (χ4v) is 0.448. The predicted molar refractivity (Wildman–Crippen MR) is 44.0 cm³/mol. The van der Waals surface area contributed by atoms with E-state index < -0.39 is 5.97 Å². The lowest BCUT2D eigenvalue weighted by atomic mass is 10.4. The molecule has 0 saturated carbocycles. The first-order chi connectivity index (χ1) is 5.57. The van der Waals surface area contributed by atoms with Gasteiger partial charge in [-0.05, 0) is 6.92 Å². The molecule has 0 bridgehead atoms. The van der Waals surface area contributed by atoms with E-state index in [4.69, 9.17) is 10.00 Å². The molecule has 66 valence electrons. The third kappa shape index (κ3) is 4.34. The molecular formula is C8H12N2O2. The SMILES string of the molecule is C=C(C)C(=O)OCCN(C)C#N. The van der Waals surface area contributed by atoms with Crippen LogP contribution in [-0.2, 0) is 9.53 Å². The Bertz CT molecular complexity index is 218. The average molecular weight is 168 g/mol. The van der Waals surface area contributed by atoms with E-state index in [1.165, 1.54) is 4.90 Å². The van der Waals surface area contributed by atoms with Gasteiger partial charge in [-0.1, -0.05) is 6.58 Å². The van der Waals surface area contributed by atoms with E-state index >= 15 is 0 Å². The molecule has 0 heterocycles. The molecule has 0 N–H and O–H groups in total. The highest BCUT2D eigenvalue weighted by Gasteiger charge is 2.02. The summed E-state index contributed by atoms with van der Waals surface area (Å²) in [7, 11) is 1.62. The zero-order chi connectivity index (χ0) is 9.56. The van der Waals surface area contributed by atoms with Gasteiger partial charge in [0.2, 0.25) is 0 Å². The number of hydrogen-bond donors (Lipinski definition) is 0. The zero-order valence-electron chi connectivity index (χ0n) is 7.33. The van der Waals surface area contributed by atoms with Crippen LogP contribution in [0, 0.1) is 11.5 Å². The molecule has 0 rings (SSSR count). The number of carbonyl (C=O) groups excluding carboxylic acids is 1. The second-order valence-corrected chi connectivity index (χ2v) is 2.44. The second-order valence-electron chi connectivity index (χ2n) is 2.44. The Morgan fingerprint density at radius 2 is 2.33 bits per heavy atom. The van der Waals surface area contributed by atoms with E-state index in [-0.39, 0.29) is 6.61 Å². The van der Waals surface area contributed by atoms with Crippen molar-refractivity contribution in [1.82, 2.24) is 4.90 Å². The fourth-order valence-electron chi connectivity index (χ4n) is 0.448. The molecule has 0 amide bonds. The van der Waals surface area contributed by atoms with Crippen molar-refractivity contribution in [2.75, 3.05) is 20.2 Å². The topological polar surface area (TPSA) is 53.3 Å². The van der Waals surface area contributed by atoms with Crippen LogP contribution in [0.25, 0.3) is 0 Å². The molecule has 0 aliphatic carbocycles. The summed E-state index contributed by atoms with van der Waals surface area (Å²) >= 11 is 0. The standard InChI is InChI=1S/C8H12N2O2/c1-7(2)8(11)12-5-4-10(3)6-9/h1,4-5H2,2-3H3. The van der Waals surface area contributed by atoms with Crippen LogP contribution < -0.4 is 0 Å². The third-order valence-corrected chi connectivity index (χ3v) is 1.18. The summed E-state index contributed by atoms with van der Waals surface area (Å²) in [5.74, 6) is -0.415. The molecule has 0 unspecified atom stereocenters. The summed E-state index contributed by atoms with van der Waals surface area (Å²) in [5.41, 5.74) is 0.370. The molecule has 12 heavy (non-hydrogen) atoms. The van der Waals surface area contributed by atoms with E-state index in [9.17, 15) is 4.79 Å². The van der Waals surface area contributed by atoms with Crippen LogP contribution in [0.4, 0.5) is 0 Å². The monoisotopic (exact) mass is 168 g/mol. The van der Waals surface area contributed by atoms with Crippen LogP contribution in [0.15, 0.2) is 12.2 Å². The summed E-state index contributed by atoms with van der Waals surface area (Å²) in [5, 5.41) is 8.33. The van der Waals surface area contributed by atoms with Crippen LogP contribution in [0.2, 0.25) is 0 Å². The number of hydrogen-bond acceptors (Lipinski definition) is 4. The minimum atomic E-state index is -0.415. The van der Waals surface area contributed by atoms with Gasteiger partial charge >= 0.3 is 5.97 Å². The third-order valence-electron chi connectivity index (χ3n) is 1.18. The smallest absolute Gasteiger partial charge is 0.333 e. The zero-order valence-corrected chi connectivity index (χ0v) is 7.33. The Balaban J connectivity index is 3.52. The molecule has 0 spiro atoms.